The van der Waals surface area contributed by atoms with Crippen LogP contribution in [0.5, 0.6) is 5.75 Å². The second-order valence-corrected chi connectivity index (χ2v) is 3.31. The van der Waals surface area contributed by atoms with Gasteiger partial charge in [0.1, 0.15) is 5.75 Å². The SMILES string of the molecule is CC.CC.COCCCCOc1ccccc1C. The van der Waals surface area contributed by atoms with Crippen molar-refractivity contribution in [3.05, 3.63) is 29.8 Å². The smallest absolute Gasteiger partial charge is 0.122 e. The van der Waals surface area contributed by atoms with Crippen LogP contribution in [0.25, 0.3) is 0 Å². The van der Waals surface area contributed by atoms with E-state index in [-0.39, 0.29) is 0 Å². The van der Waals surface area contributed by atoms with Gasteiger partial charge in [-0.1, -0.05) is 45.9 Å². The Balaban J connectivity index is 0. The van der Waals surface area contributed by atoms with Gasteiger partial charge in [0.2, 0.25) is 0 Å². The Labute approximate surface area is 113 Å². The summed E-state index contributed by atoms with van der Waals surface area (Å²) in [4.78, 5) is 0. The van der Waals surface area contributed by atoms with Gasteiger partial charge in [0.25, 0.3) is 0 Å². The van der Waals surface area contributed by atoms with Gasteiger partial charge in [0.05, 0.1) is 6.61 Å². The van der Waals surface area contributed by atoms with Crippen molar-refractivity contribution in [2.24, 2.45) is 0 Å². The number of unbranched alkanes of at least 4 members (excludes halogenated alkanes) is 1. The molecule has 1 aromatic rings. The topological polar surface area (TPSA) is 18.5 Å². The van der Waals surface area contributed by atoms with Crippen molar-refractivity contribution in [2.75, 3.05) is 20.3 Å². The summed E-state index contributed by atoms with van der Waals surface area (Å²) in [6.07, 6.45) is 2.10. The lowest BCUT2D eigenvalue weighted by Gasteiger charge is -2.08. The molecule has 0 radical (unpaired) electrons. The predicted molar refractivity (Wildman–Crippen MR) is 80.5 cm³/mol. The minimum atomic E-state index is 0.772. The van der Waals surface area contributed by atoms with E-state index in [1.807, 2.05) is 45.9 Å². The van der Waals surface area contributed by atoms with Gasteiger partial charge in [0, 0.05) is 13.7 Å². The highest BCUT2D eigenvalue weighted by atomic mass is 16.5. The summed E-state index contributed by atoms with van der Waals surface area (Å²) in [5, 5.41) is 0. The van der Waals surface area contributed by atoms with Crippen molar-refractivity contribution in [2.45, 2.75) is 47.5 Å². The minimum absolute atomic E-state index is 0.772. The van der Waals surface area contributed by atoms with Crippen LogP contribution in [-0.2, 0) is 4.74 Å². The van der Waals surface area contributed by atoms with Crippen LogP contribution in [0.3, 0.4) is 0 Å². The molecule has 0 aromatic heterocycles. The first-order valence-corrected chi connectivity index (χ1v) is 7.02. The van der Waals surface area contributed by atoms with Crippen LogP contribution >= 0.6 is 0 Å². The lowest BCUT2D eigenvalue weighted by Crippen LogP contribution is -2.00. The van der Waals surface area contributed by atoms with E-state index >= 15 is 0 Å². The molecule has 0 N–H and O–H groups in total. The van der Waals surface area contributed by atoms with Gasteiger partial charge in [-0.25, -0.2) is 0 Å². The number of hydrogen-bond acceptors (Lipinski definition) is 2. The van der Waals surface area contributed by atoms with Crippen molar-refractivity contribution < 1.29 is 9.47 Å². The fraction of sp³-hybridized carbons (Fsp3) is 0.625. The molecule has 106 valence electrons. The Morgan fingerprint density at radius 1 is 0.889 bits per heavy atom. The summed E-state index contributed by atoms with van der Waals surface area (Å²) in [5.41, 5.74) is 1.19. The van der Waals surface area contributed by atoms with Gasteiger partial charge in [0.15, 0.2) is 0 Å². The van der Waals surface area contributed by atoms with E-state index in [0.717, 1.165) is 31.8 Å². The van der Waals surface area contributed by atoms with Gasteiger partial charge in [-0.05, 0) is 31.4 Å². The lowest BCUT2D eigenvalue weighted by molar-refractivity contribution is 0.184. The zero-order valence-electron chi connectivity index (χ0n) is 13.0. The molecular formula is C16H30O2. The summed E-state index contributed by atoms with van der Waals surface area (Å²) >= 11 is 0. The van der Waals surface area contributed by atoms with E-state index in [0.29, 0.717) is 0 Å². The number of ether oxygens (including phenoxy) is 2. The maximum atomic E-state index is 5.63. The molecule has 0 atom stereocenters. The molecule has 0 aliphatic carbocycles. The predicted octanol–water partition coefficient (Wildman–Crippen LogP) is 4.85. The van der Waals surface area contributed by atoms with Gasteiger partial charge in [-0.3, -0.25) is 0 Å². The molecule has 0 aliphatic heterocycles. The molecule has 0 saturated heterocycles. The lowest BCUT2D eigenvalue weighted by atomic mass is 10.2. The molecule has 0 fully saturated rings. The average molecular weight is 254 g/mol. The third kappa shape index (κ3) is 10.2. The summed E-state index contributed by atoms with van der Waals surface area (Å²) in [5.74, 6) is 0.991. The molecule has 0 amide bonds. The third-order valence-corrected chi connectivity index (χ3v) is 2.09. The Hall–Kier alpha value is -1.02. The molecule has 2 heteroatoms. The third-order valence-electron chi connectivity index (χ3n) is 2.09. The van der Waals surface area contributed by atoms with Crippen molar-refractivity contribution in [3.8, 4) is 5.75 Å². The van der Waals surface area contributed by atoms with E-state index in [9.17, 15) is 0 Å². The first-order chi connectivity index (χ1) is 8.84. The molecule has 0 bridgehead atoms. The Bertz CT molecular complexity index is 259. The molecule has 0 aliphatic rings. The van der Waals surface area contributed by atoms with E-state index < -0.39 is 0 Å². The van der Waals surface area contributed by atoms with E-state index in [4.69, 9.17) is 9.47 Å². The molecule has 0 heterocycles. The fourth-order valence-corrected chi connectivity index (χ4v) is 1.25. The standard InChI is InChI=1S/C12H18O2.2C2H6/c1-11-7-3-4-8-12(11)14-10-6-5-9-13-2;2*1-2/h3-4,7-8H,5-6,9-10H2,1-2H3;2*1-2H3. The monoisotopic (exact) mass is 254 g/mol. The van der Waals surface area contributed by atoms with Crippen LogP contribution in [0, 0.1) is 6.92 Å². The van der Waals surface area contributed by atoms with E-state index in [1.54, 1.807) is 7.11 Å². The number of para-hydroxylation sites is 1. The molecule has 0 spiro atoms. The van der Waals surface area contributed by atoms with E-state index in [1.165, 1.54) is 5.56 Å². The van der Waals surface area contributed by atoms with Crippen LogP contribution in [0.1, 0.15) is 46.1 Å². The van der Waals surface area contributed by atoms with Crippen LogP contribution < -0.4 is 4.74 Å². The van der Waals surface area contributed by atoms with Gasteiger partial charge >= 0.3 is 0 Å². The van der Waals surface area contributed by atoms with Crippen molar-refractivity contribution in [1.82, 2.24) is 0 Å². The van der Waals surface area contributed by atoms with Crippen molar-refractivity contribution >= 4 is 0 Å². The van der Waals surface area contributed by atoms with Crippen LogP contribution in [0.4, 0.5) is 0 Å². The number of aryl methyl sites for hydroxylation is 1. The maximum Gasteiger partial charge on any atom is 0.122 e. The molecule has 1 aromatic carbocycles. The first-order valence-electron chi connectivity index (χ1n) is 7.02. The molecule has 0 saturated carbocycles. The molecular weight excluding hydrogens is 224 g/mol. The highest BCUT2D eigenvalue weighted by Crippen LogP contribution is 2.16. The molecule has 1 rings (SSSR count). The van der Waals surface area contributed by atoms with Crippen LogP contribution in [-0.4, -0.2) is 20.3 Å². The summed E-state index contributed by atoms with van der Waals surface area (Å²) in [6.45, 7) is 11.6. The second-order valence-electron chi connectivity index (χ2n) is 3.31. The molecule has 2 nitrogen and oxygen atoms in total. The van der Waals surface area contributed by atoms with Crippen LogP contribution in [0.15, 0.2) is 24.3 Å². The molecule has 0 unspecified atom stereocenters. The number of rotatable bonds is 6. The number of hydrogen-bond donors (Lipinski definition) is 0. The van der Waals surface area contributed by atoms with Gasteiger partial charge in [-0.15, -0.1) is 0 Å². The van der Waals surface area contributed by atoms with Crippen LogP contribution in [0.2, 0.25) is 0 Å². The first kappa shape index (κ1) is 19.3. The van der Waals surface area contributed by atoms with Crippen molar-refractivity contribution in [3.63, 3.8) is 0 Å². The highest BCUT2D eigenvalue weighted by molar-refractivity contribution is 5.31. The summed E-state index contributed by atoms with van der Waals surface area (Å²) in [7, 11) is 1.72. The summed E-state index contributed by atoms with van der Waals surface area (Å²) < 4.78 is 10.6. The Morgan fingerprint density at radius 2 is 1.44 bits per heavy atom. The minimum Gasteiger partial charge on any atom is -0.493 e. The van der Waals surface area contributed by atoms with Gasteiger partial charge in [-0.2, -0.15) is 0 Å². The zero-order valence-corrected chi connectivity index (χ0v) is 13.0. The van der Waals surface area contributed by atoms with Gasteiger partial charge < -0.3 is 9.47 Å². The quantitative estimate of drug-likeness (QED) is 0.675. The average Bonchev–Trinajstić information content (AvgIpc) is 2.45. The highest BCUT2D eigenvalue weighted by Gasteiger charge is 1.96. The Kier molecular flexibility index (Phi) is 17.2. The molecule has 18 heavy (non-hydrogen) atoms. The maximum absolute atomic E-state index is 5.63. The second kappa shape index (κ2) is 16.0. The number of benzene rings is 1. The largest absolute Gasteiger partial charge is 0.493 e. The van der Waals surface area contributed by atoms with E-state index in [2.05, 4.69) is 13.0 Å². The van der Waals surface area contributed by atoms with Crippen molar-refractivity contribution in [1.29, 1.82) is 0 Å². The zero-order chi connectivity index (χ0) is 14.2. The summed E-state index contributed by atoms with van der Waals surface area (Å²) in [6, 6.07) is 8.08. The number of methoxy groups -OCH3 is 1. The normalized spacial score (nSPS) is 8.56. The Morgan fingerprint density at radius 3 is 2.00 bits per heavy atom. The fourth-order valence-electron chi connectivity index (χ4n) is 1.25.